The smallest absolute Gasteiger partial charge is 0.143 e. The van der Waals surface area contributed by atoms with Gasteiger partial charge in [-0.05, 0) is 36.5 Å². The number of hydrogen-bond acceptors (Lipinski definition) is 4. The van der Waals surface area contributed by atoms with Crippen LogP contribution in [-0.4, -0.2) is 34.7 Å². The van der Waals surface area contributed by atoms with E-state index in [4.69, 9.17) is 16.3 Å². The van der Waals surface area contributed by atoms with Gasteiger partial charge in [0.1, 0.15) is 17.8 Å². The fourth-order valence-corrected chi connectivity index (χ4v) is 3.36. The molecule has 2 aromatic heterocycles. The number of rotatable bonds is 4. The van der Waals surface area contributed by atoms with Gasteiger partial charge in [0, 0.05) is 36.5 Å². The molecule has 0 unspecified atom stereocenters. The fourth-order valence-electron chi connectivity index (χ4n) is 3.17. The van der Waals surface area contributed by atoms with Gasteiger partial charge in [0.2, 0.25) is 0 Å². The lowest BCUT2D eigenvalue weighted by Gasteiger charge is -2.22. The van der Waals surface area contributed by atoms with Crippen LogP contribution in [0.15, 0.2) is 36.8 Å². The van der Waals surface area contributed by atoms with Gasteiger partial charge in [0.25, 0.3) is 0 Å². The Kier molecular flexibility index (Phi) is 4.36. The molecule has 1 aliphatic heterocycles. The highest BCUT2D eigenvalue weighted by Crippen LogP contribution is 2.33. The average molecular weight is 343 g/mol. The quantitative estimate of drug-likeness (QED) is 0.748. The van der Waals surface area contributed by atoms with Crippen molar-refractivity contribution >= 4 is 28.5 Å². The first-order valence-electron chi connectivity index (χ1n) is 8.21. The van der Waals surface area contributed by atoms with Crippen molar-refractivity contribution in [1.29, 1.82) is 0 Å². The molecule has 0 radical (unpaired) electrons. The maximum atomic E-state index is 6.15. The summed E-state index contributed by atoms with van der Waals surface area (Å²) >= 11 is 6.15. The lowest BCUT2D eigenvalue weighted by molar-refractivity contribution is 0.0699. The number of H-pyrrole nitrogens is 1. The predicted molar refractivity (Wildman–Crippen MR) is 96.4 cm³/mol. The highest BCUT2D eigenvalue weighted by atomic mass is 35.5. The second kappa shape index (κ2) is 6.79. The number of nitrogens with zero attached hydrogens (tertiary/aromatic N) is 2. The van der Waals surface area contributed by atoms with Crippen LogP contribution in [0.4, 0.5) is 5.82 Å². The number of anilines is 1. The maximum absolute atomic E-state index is 6.15. The van der Waals surface area contributed by atoms with E-state index >= 15 is 0 Å². The number of hydrogen-bond donors (Lipinski definition) is 2. The zero-order chi connectivity index (χ0) is 16.4. The van der Waals surface area contributed by atoms with Gasteiger partial charge in [-0.15, -0.1) is 0 Å². The van der Waals surface area contributed by atoms with Gasteiger partial charge < -0.3 is 15.0 Å². The molecule has 5 nitrogen and oxygen atoms in total. The van der Waals surface area contributed by atoms with Crippen LogP contribution < -0.4 is 5.32 Å². The number of ether oxygens (including phenoxy) is 1. The van der Waals surface area contributed by atoms with E-state index < -0.39 is 0 Å². The van der Waals surface area contributed by atoms with E-state index in [1.165, 1.54) is 0 Å². The Morgan fingerprint density at radius 1 is 1.25 bits per heavy atom. The molecule has 1 saturated heterocycles. The minimum Gasteiger partial charge on any atom is -0.381 e. The van der Waals surface area contributed by atoms with Crippen molar-refractivity contribution in [1.82, 2.24) is 15.0 Å². The van der Waals surface area contributed by atoms with E-state index in [1.54, 1.807) is 6.33 Å². The van der Waals surface area contributed by atoms with Gasteiger partial charge in [-0.1, -0.05) is 23.7 Å². The highest BCUT2D eigenvalue weighted by Gasteiger charge is 2.16. The molecule has 24 heavy (non-hydrogen) atoms. The second-order valence-corrected chi connectivity index (χ2v) is 6.53. The van der Waals surface area contributed by atoms with E-state index in [0.29, 0.717) is 5.92 Å². The fraction of sp³-hybridized carbons (Fsp3) is 0.333. The summed E-state index contributed by atoms with van der Waals surface area (Å²) in [5.74, 6) is 1.49. The summed E-state index contributed by atoms with van der Waals surface area (Å²) in [7, 11) is 0. The van der Waals surface area contributed by atoms with Crippen LogP contribution in [0.5, 0.6) is 0 Å². The van der Waals surface area contributed by atoms with Crippen LogP contribution in [0, 0.1) is 5.92 Å². The summed E-state index contributed by atoms with van der Waals surface area (Å²) in [5, 5.41) is 5.23. The molecule has 0 aliphatic carbocycles. The Bertz CT molecular complexity index is 842. The molecule has 0 saturated carbocycles. The number of fused-ring (bicyclic) bond motifs is 1. The molecule has 124 valence electrons. The molecular formula is C18H19ClN4O. The van der Waals surface area contributed by atoms with Crippen LogP contribution in [0.1, 0.15) is 12.8 Å². The molecule has 0 bridgehead atoms. The first-order valence-corrected chi connectivity index (χ1v) is 8.58. The summed E-state index contributed by atoms with van der Waals surface area (Å²) in [6.07, 6.45) is 5.74. The van der Waals surface area contributed by atoms with E-state index in [-0.39, 0.29) is 0 Å². The van der Waals surface area contributed by atoms with Gasteiger partial charge in [-0.3, -0.25) is 0 Å². The molecule has 3 heterocycles. The molecule has 1 fully saturated rings. The number of aromatic nitrogens is 3. The molecule has 0 atom stereocenters. The molecule has 0 amide bonds. The van der Waals surface area contributed by atoms with E-state index in [1.807, 2.05) is 30.5 Å². The van der Waals surface area contributed by atoms with Gasteiger partial charge >= 0.3 is 0 Å². The molecule has 4 rings (SSSR count). The third-order valence-electron chi connectivity index (χ3n) is 4.50. The van der Waals surface area contributed by atoms with Crippen molar-refractivity contribution in [3.8, 4) is 11.1 Å². The van der Waals surface area contributed by atoms with Crippen molar-refractivity contribution < 1.29 is 4.74 Å². The Balaban J connectivity index is 1.66. The Morgan fingerprint density at radius 3 is 2.96 bits per heavy atom. The van der Waals surface area contributed by atoms with E-state index in [2.05, 4.69) is 20.3 Å². The SMILES string of the molecule is Clc1cccc(-c2c[nH]c3ncnc(NCC4CCOCC4)c23)c1. The molecule has 6 heteroatoms. The predicted octanol–water partition coefficient (Wildman–Crippen LogP) is 4.12. The molecule has 1 aromatic carbocycles. The molecule has 1 aliphatic rings. The number of nitrogens with one attached hydrogen (secondary N) is 2. The summed E-state index contributed by atoms with van der Waals surface area (Å²) in [5.41, 5.74) is 2.94. The van der Waals surface area contributed by atoms with E-state index in [0.717, 1.165) is 65.6 Å². The monoisotopic (exact) mass is 342 g/mol. The minimum atomic E-state index is 0.623. The summed E-state index contributed by atoms with van der Waals surface area (Å²) in [6.45, 7) is 2.60. The maximum Gasteiger partial charge on any atom is 0.143 e. The average Bonchev–Trinajstić information content (AvgIpc) is 3.05. The van der Waals surface area contributed by atoms with Crippen molar-refractivity contribution in [2.45, 2.75) is 12.8 Å². The third-order valence-corrected chi connectivity index (χ3v) is 4.74. The van der Waals surface area contributed by atoms with Crippen LogP contribution >= 0.6 is 11.6 Å². The standard InChI is InChI=1S/C18H19ClN4O/c19-14-3-1-2-13(8-14)15-10-21-18-16(15)17(22-11-23-18)20-9-12-4-6-24-7-5-12/h1-3,8,10-12H,4-7,9H2,(H2,20,21,22,23). The lowest BCUT2D eigenvalue weighted by atomic mass is 10.0. The summed E-state index contributed by atoms with van der Waals surface area (Å²) < 4.78 is 5.43. The van der Waals surface area contributed by atoms with Crippen molar-refractivity contribution in [3.05, 3.63) is 41.8 Å². The van der Waals surface area contributed by atoms with Gasteiger partial charge in [0.05, 0.1) is 5.39 Å². The number of aromatic amines is 1. The second-order valence-electron chi connectivity index (χ2n) is 6.10. The van der Waals surface area contributed by atoms with Crippen LogP contribution in [0.3, 0.4) is 0 Å². The van der Waals surface area contributed by atoms with Gasteiger partial charge in [-0.25, -0.2) is 9.97 Å². The normalized spacial score (nSPS) is 15.7. The lowest BCUT2D eigenvalue weighted by Crippen LogP contribution is -2.23. The minimum absolute atomic E-state index is 0.623. The topological polar surface area (TPSA) is 62.8 Å². The van der Waals surface area contributed by atoms with E-state index in [9.17, 15) is 0 Å². The third kappa shape index (κ3) is 3.09. The van der Waals surface area contributed by atoms with Crippen LogP contribution in [0.2, 0.25) is 5.02 Å². The van der Waals surface area contributed by atoms with Crippen molar-refractivity contribution in [2.75, 3.05) is 25.1 Å². The highest BCUT2D eigenvalue weighted by molar-refractivity contribution is 6.31. The molecule has 3 aromatic rings. The van der Waals surface area contributed by atoms with Crippen LogP contribution in [0.25, 0.3) is 22.2 Å². The first kappa shape index (κ1) is 15.4. The number of halogens is 1. The Labute approximate surface area is 145 Å². The van der Waals surface area contributed by atoms with Crippen molar-refractivity contribution in [2.24, 2.45) is 5.92 Å². The molecule has 0 spiro atoms. The first-order chi connectivity index (χ1) is 11.8. The Hall–Kier alpha value is -2.11. The molecular weight excluding hydrogens is 324 g/mol. The largest absolute Gasteiger partial charge is 0.381 e. The summed E-state index contributed by atoms with van der Waals surface area (Å²) in [4.78, 5) is 12.0. The van der Waals surface area contributed by atoms with Crippen molar-refractivity contribution in [3.63, 3.8) is 0 Å². The molecule has 2 N–H and O–H groups in total. The zero-order valence-electron chi connectivity index (χ0n) is 13.3. The Morgan fingerprint density at radius 2 is 2.12 bits per heavy atom. The van der Waals surface area contributed by atoms with Gasteiger partial charge in [-0.2, -0.15) is 0 Å². The van der Waals surface area contributed by atoms with Crippen LogP contribution in [-0.2, 0) is 4.74 Å². The summed E-state index contributed by atoms with van der Waals surface area (Å²) in [6, 6.07) is 7.83. The van der Waals surface area contributed by atoms with Gasteiger partial charge in [0.15, 0.2) is 0 Å². The number of benzene rings is 1. The zero-order valence-corrected chi connectivity index (χ0v) is 14.0.